The van der Waals surface area contributed by atoms with E-state index in [1.165, 1.54) is 11.8 Å². The number of hydrogen-bond acceptors (Lipinski definition) is 4. The van der Waals surface area contributed by atoms with Crippen molar-refractivity contribution in [3.05, 3.63) is 46.5 Å². The van der Waals surface area contributed by atoms with E-state index in [1.807, 2.05) is 0 Å². The summed E-state index contributed by atoms with van der Waals surface area (Å²) in [5, 5.41) is 3.08. The van der Waals surface area contributed by atoms with Gasteiger partial charge in [-0.05, 0) is 23.0 Å². The van der Waals surface area contributed by atoms with E-state index < -0.39 is 5.91 Å². The molecule has 1 aromatic carbocycles. The van der Waals surface area contributed by atoms with Crippen LogP contribution in [0.4, 0.5) is 5.13 Å². The molecule has 5 nitrogen and oxygen atoms in total. The zero-order valence-corrected chi connectivity index (χ0v) is 14.4. The maximum atomic E-state index is 11.9. The quantitative estimate of drug-likeness (QED) is 0.883. The largest absolute Gasteiger partial charge is 0.365 e. The average molecular weight is 331 g/mol. The Morgan fingerprint density at radius 3 is 2.39 bits per heavy atom. The molecule has 2 aromatic rings. The van der Waals surface area contributed by atoms with E-state index in [-0.39, 0.29) is 11.3 Å². The van der Waals surface area contributed by atoms with Crippen molar-refractivity contribution in [1.82, 2.24) is 4.98 Å². The van der Waals surface area contributed by atoms with Crippen LogP contribution >= 0.6 is 11.3 Å². The SMILES string of the molecule is CC(C)(C)c1ccc(CCC(=O)Nc2ncc(C(N)=O)s2)cc1. The van der Waals surface area contributed by atoms with Gasteiger partial charge in [0.25, 0.3) is 5.91 Å². The number of anilines is 1. The summed E-state index contributed by atoms with van der Waals surface area (Å²) in [5.74, 6) is -0.669. The first-order valence-corrected chi connectivity index (χ1v) is 8.22. The van der Waals surface area contributed by atoms with Crippen molar-refractivity contribution in [3.8, 4) is 0 Å². The van der Waals surface area contributed by atoms with Gasteiger partial charge in [-0.3, -0.25) is 9.59 Å². The lowest BCUT2D eigenvalue weighted by atomic mass is 9.86. The van der Waals surface area contributed by atoms with Gasteiger partial charge in [0.15, 0.2) is 5.13 Å². The van der Waals surface area contributed by atoms with Gasteiger partial charge in [0.2, 0.25) is 5.91 Å². The Kier molecular flexibility index (Phi) is 5.15. The number of thiazole rings is 1. The Hall–Kier alpha value is -2.21. The molecule has 0 atom stereocenters. The minimum absolute atomic E-state index is 0.124. The van der Waals surface area contributed by atoms with Crippen LogP contribution in [0, 0.1) is 0 Å². The lowest BCUT2D eigenvalue weighted by molar-refractivity contribution is -0.116. The maximum Gasteiger partial charge on any atom is 0.260 e. The van der Waals surface area contributed by atoms with Gasteiger partial charge in [0.05, 0.1) is 6.20 Å². The van der Waals surface area contributed by atoms with E-state index >= 15 is 0 Å². The number of aryl methyl sites for hydroxylation is 1. The number of nitrogens with one attached hydrogen (secondary N) is 1. The number of carbonyl (C=O) groups excluding carboxylic acids is 2. The third kappa shape index (κ3) is 4.89. The van der Waals surface area contributed by atoms with E-state index in [9.17, 15) is 9.59 Å². The summed E-state index contributed by atoms with van der Waals surface area (Å²) in [7, 11) is 0. The number of nitrogens with zero attached hydrogens (tertiary/aromatic N) is 1. The van der Waals surface area contributed by atoms with E-state index in [0.29, 0.717) is 22.9 Å². The fourth-order valence-electron chi connectivity index (χ4n) is 2.06. The molecule has 0 radical (unpaired) electrons. The molecule has 2 amide bonds. The molecule has 0 fully saturated rings. The molecular weight excluding hydrogens is 310 g/mol. The topological polar surface area (TPSA) is 85.1 Å². The number of primary amides is 1. The van der Waals surface area contributed by atoms with Crippen LogP contribution in [0.15, 0.2) is 30.5 Å². The third-order valence-corrected chi connectivity index (χ3v) is 4.38. The highest BCUT2D eigenvalue weighted by Gasteiger charge is 2.13. The number of hydrogen-bond donors (Lipinski definition) is 2. The Morgan fingerprint density at radius 1 is 1.22 bits per heavy atom. The van der Waals surface area contributed by atoms with E-state index in [4.69, 9.17) is 5.73 Å². The minimum Gasteiger partial charge on any atom is -0.365 e. The molecule has 0 aliphatic carbocycles. The van der Waals surface area contributed by atoms with Crippen molar-refractivity contribution < 1.29 is 9.59 Å². The second kappa shape index (κ2) is 6.91. The van der Waals surface area contributed by atoms with Crippen LogP contribution in [0.3, 0.4) is 0 Å². The molecule has 1 aromatic heterocycles. The van der Waals surface area contributed by atoms with Crippen LogP contribution in [0.1, 0.15) is 48.0 Å². The van der Waals surface area contributed by atoms with Crippen LogP contribution < -0.4 is 11.1 Å². The molecule has 0 aliphatic rings. The van der Waals surface area contributed by atoms with Crippen molar-refractivity contribution >= 4 is 28.3 Å². The average Bonchev–Trinajstić information content (AvgIpc) is 2.93. The standard InChI is InChI=1S/C17H21N3O2S/c1-17(2,3)12-7-4-11(5-8-12)6-9-14(21)20-16-19-10-13(23-16)15(18)22/h4-5,7-8,10H,6,9H2,1-3H3,(H2,18,22)(H,19,20,21). The highest BCUT2D eigenvalue weighted by atomic mass is 32.1. The van der Waals surface area contributed by atoms with Crippen LogP contribution in [-0.4, -0.2) is 16.8 Å². The van der Waals surface area contributed by atoms with E-state index in [2.05, 4.69) is 55.3 Å². The van der Waals surface area contributed by atoms with E-state index in [0.717, 1.165) is 16.9 Å². The molecule has 0 aliphatic heterocycles. The highest BCUT2D eigenvalue weighted by Crippen LogP contribution is 2.22. The molecule has 122 valence electrons. The summed E-state index contributed by atoms with van der Waals surface area (Å²) in [6, 6.07) is 8.32. The van der Waals surface area contributed by atoms with E-state index in [1.54, 1.807) is 0 Å². The molecule has 0 spiro atoms. The smallest absolute Gasteiger partial charge is 0.260 e. The van der Waals surface area contributed by atoms with Crippen LogP contribution in [0.5, 0.6) is 0 Å². The van der Waals surface area contributed by atoms with Gasteiger partial charge in [-0.15, -0.1) is 0 Å². The number of nitrogens with two attached hydrogens (primary N) is 1. The molecule has 0 saturated heterocycles. The van der Waals surface area contributed by atoms with Crippen molar-refractivity contribution in [1.29, 1.82) is 0 Å². The molecular formula is C17H21N3O2S. The third-order valence-electron chi connectivity index (χ3n) is 3.46. The van der Waals surface area contributed by atoms with Crippen LogP contribution in [-0.2, 0) is 16.6 Å². The summed E-state index contributed by atoms with van der Waals surface area (Å²) < 4.78 is 0. The molecule has 0 saturated carbocycles. The van der Waals surface area contributed by atoms with Gasteiger partial charge in [-0.1, -0.05) is 56.4 Å². The monoisotopic (exact) mass is 331 g/mol. The lowest BCUT2D eigenvalue weighted by Gasteiger charge is -2.19. The molecule has 0 unspecified atom stereocenters. The molecule has 2 rings (SSSR count). The minimum atomic E-state index is -0.540. The Bertz CT molecular complexity index is 699. The highest BCUT2D eigenvalue weighted by molar-refractivity contribution is 7.17. The number of amides is 2. The van der Waals surface area contributed by atoms with Gasteiger partial charge >= 0.3 is 0 Å². The second-order valence-corrected chi connectivity index (χ2v) is 7.42. The van der Waals surface area contributed by atoms with Gasteiger partial charge in [0.1, 0.15) is 4.88 Å². The van der Waals surface area contributed by atoms with Crippen molar-refractivity contribution in [2.24, 2.45) is 5.73 Å². The molecule has 23 heavy (non-hydrogen) atoms. The lowest BCUT2D eigenvalue weighted by Crippen LogP contribution is -2.13. The van der Waals surface area contributed by atoms with Crippen LogP contribution in [0.25, 0.3) is 0 Å². The maximum absolute atomic E-state index is 11.9. The summed E-state index contributed by atoms with van der Waals surface area (Å²) >= 11 is 1.08. The number of rotatable bonds is 5. The zero-order valence-electron chi connectivity index (χ0n) is 13.6. The van der Waals surface area contributed by atoms with Gasteiger partial charge in [-0.25, -0.2) is 4.98 Å². The Balaban J connectivity index is 1.87. The van der Waals surface area contributed by atoms with Gasteiger partial charge in [0, 0.05) is 6.42 Å². The summed E-state index contributed by atoms with van der Waals surface area (Å²) in [4.78, 5) is 27.2. The van der Waals surface area contributed by atoms with Crippen molar-refractivity contribution in [2.45, 2.75) is 39.0 Å². The fourth-order valence-corrected chi connectivity index (χ4v) is 2.74. The first-order chi connectivity index (χ1) is 10.8. The molecule has 0 bridgehead atoms. The van der Waals surface area contributed by atoms with Crippen LogP contribution in [0.2, 0.25) is 0 Å². The Morgan fingerprint density at radius 2 is 1.87 bits per heavy atom. The summed E-state index contributed by atoms with van der Waals surface area (Å²) in [6.45, 7) is 6.51. The summed E-state index contributed by atoms with van der Waals surface area (Å²) in [5.41, 5.74) is 7.66. The van der Waals surface area contributed by atoms with Gasteiger partial charge < -0.3 is 11.1 Å². The Labute approximate surface area is 139 Å². The molecule has 1 heterocycles. The number of carbonyl (C=O) groups is 2. The zero-order chi connectivity index (χ0) is 17.0. The molecule has 6 heteroatoms. The molecule has 3 N–H and O–H groups in total. The predicted octanol–water partition coefficient (Wildman–Crippen LogP) is 3.11. The predicted molar refractivity (Wildman–Crippen MR) is 92.7 cm³/mol. The second-order valence-electron chi connectivity index (χ2n) is 6.39. The number of benzene rings is 1. The normalized spacial score (nSPS) is 11.3. The van der Waals surface area contributed by atoms with Gasteiger partial charge in [-0.2, -0.15) is 0 Å². The fraction of sp³-hybridized carbons (Fsp3) is 0.353. The van der Waals surface area contributed by atoms with Crippen molar-refractivity contribution in [3.63, 3.8) is 0 Å². The van der Waals surface area contributed by atoms with Crippen molar-refractivity contribution in [2.75, 3.05) is 5.32 Å². The first kappa shape index (κ1) is 17.1. The number of aromatic nitrogens is 1. The first-order valence-electron chi connectivity index (χ1n) is 7.40. The summed E-state index contributed by atoms with van der Waals surface area (Å²) in [6.07, 6.45) is 2.39.